The summed E-state index contributed by atoms with van der Waals surface area (Å²) in [5.41, 5.74) is 1.19. The van der Waals surface area contributed by atoms with Crippen molar-refractivity contribution in [1.82, 2.24) is 20.0 Å². The number of amides is 1. The minimum absolute atomic E-state index is 0.176. The van der Waals surface area contributed by atoms with Crippen molar-refractivity contribution in [3.63, 3.8) is 0 Å². The number of likely N-dealkylation sites (N-methyl/N-ethyl adjacent to an activating group) is 1. The Labute approximate surface area is 102 Å². The first-order valence-corrected chi connectivity index (χ1v) is 6.08. The van der Waals surface area contributed by atoms with Gasteiger partial charge in [0.1, 0.15) is 0 Å². The SMILES string of the molecule is CN(C)C(=O)CN1CCC[C@@H](c2ccn[nH]2)C1. The van der Waals surface area contributed by atoms with E-state index in [2.05, 4.69) is 15.1 Å². The number of H-pyrrole nitrogens is 1. The topological polar surface area (TPSA) is 52.2 Å². The maximum Gasteiger partial charge on any atom is 0.236 e. The number of nitrogens with one attached hydrogen (secondary N) is 1. The summed E-state index contributed by atoms with van der Waals surface area (Å²) in [6, 6.07) is 2.03. The van der Waals surface area contributed by atoms with Gasteiger partial charge in [-0.05, 0) is 25.5 Å². The molecule has 1 fully saturated rings. The third kappa shape index (κ3) is 3.06. The normalized spacial score (nSPS) is 21.4. The van der Waals surface area contributed by atoms with E-state index in [1.165, 1.54) is 12.1 Å². The molecule has 0 spiro atoms. The van der Waals surface area contributed by atoms with Crippen LogP contribution in [0, 0.1) is 0 Å². The maximum atomic E-state index is 11.7. The van der Waals surface area contributed by atoms with Crippen LogP contribution >= 0.6 is 0 Å². The second-order valence-corrected chi connectivity index (χ2v) is 4.87. The molecule has 2 rings (SSSR count). The molecule has 1 aromatic heterocycles. The van der Waals surface area contributed by atoms with Crippen LogP contribution in [0.3, 0.4) is 0 Å². The molecular formula is C12H20N4O. The Kier molecular flexibility index (Phi) is 3.78. The van der Waals surface area contributed by atoms with Crippen molar-refractivity contribution >= 4 is 5.91 Å². The van der Waals surface area contributed by atoms with Gasteiger partial charge in [0.05, 0.1) is 6.54 Å². The van der Waals surface area contributed by atoms with Crippen LogP contribution in [-0.2, 0) is 4.79 Å². The Morgan fingerprint density at radius 2 is 2.47 bits per heavy atom. The van der Waals surface area contributed by atoms with Gasteiger partial charge >= 0.3 is 0 Å². The highest BCUT2D eigenvalue weighted by Crippen LogP contribution is 2.24. The van der Waals surface area contributed by atoms with Crippen molar-refractivity contribution in [1.29, 1.82) is 0 Å². The number of aromatic amines is 1. The third-order valence-corrected chi connectivity index (χ3v) is 3.33. The predicted molar refractivity (Wildman–Crippen MR) is 65.7 cm³/mol. The van der Waals surface area contributed by atoms with Gasteiger partial charge in [0.2, 0.25) is 5.91 Å². The lowest BCUT2D eigenvalue weighted by atomic mass is 9.95. The number of likely N-dealkylation sites (tertiary alicyclic amines) is 1. The number of aromatic nitrogens is 2. The zero-order chi connectivity index (χ0) is 12.3. The molecular weight excluding hydrogens is 216 g/mol. The van der Waals surface area contributed by atoms with E-state index in [1.807, 2.05) is 6.07 Å². The Balaban J connectivity index is 1.91. The summed E-state index contributed by atoms with van der Waals surface area (Å²) < 4.78 is 0. The van der Waals surface area contributed by atoms with Crippen LogP contribution in [-0.4, -0.2) is 59.6 Å². The molecule has 0 saturated carbocycles. The average Bonchev–Trinajstić information content (AvgIpc) is 2.82. The summed E-state index contributed by atoms with van der Waals surface area (Å²) in [7, 11) is 3.61. The second-order valence-electron chi connectivity index (χ2n) is 4.87. The van der Waals surface area contributed by atoms with E-state index in [0.717, 1.165) is 19.5 Å². The standard InChI is InChI=1S/C12H20N4O/c1-15(2)12(17)9-16-7-3-4-10(8-16)11-5-6-13-14-11/h5-6,10H,3-4,7-9H2,1-2H3,(H,13,14)/t10-/m1/s1. The smallest absolute Gasteiger partial charge is 0.236 e. The number of carbonyl (C=O) groups excluding carboxylic acids is 1. The van der Waals surface area contributed by atoms with Gasteiger partial charge in [-0.2, -0.15) is 5.10 Å². The van der Waals surface area contributed by atoms with Crippen LogP contribution in [0.5, 0.6) is 0 Å². The average molecular weight is 236 g/mol. The summed E-state index contributed by atoms with van der Waals surface area (Å²) in [5, 5.41) is 7.02. The lowest BCUT2D eigenvalue weighted by Gasteiger charge is -2.32. The highest BCUT2D eigenvalue weighted by molar-refractivity contribution is 5.77. The number of rotatable bonds is 3. The first-order chi connectivity index (χ1) is 8.16. The quantitative estimate of drug-likeness (QED) is 0.839. The van der Waals surface area contributed by atoms with Gasteiger partial charge in [-0.3, -0.25) is 14.8 Å². The van der Waals surface area contributed by atoms with E-state index in [9.17, 15) is 4.79 Å². The van der Waals surface area contributed by atoms with E-state index in [0.29, 0.717) is 12.5 Å². The molecule has 17 heavy (non-hydrogen) atoms. The van der Waals surface area contributed by atoms with Crippen molar-refractivity contribution < 1.29 is 4.79 Å². The first-order valence-electron chi connectivity index (χ1n) is 6.08. The molecule has 0 bridgehead atoms. The Hall–Kier alpha value is -1.36. The molecule has 2 heterocycles. The minimum atomic E-state index is 0.176. The van der Waals surface area contributed by atoms with E-state index in [1.54, 1.807) is 25.2 Å². The van der Waals surface area contributed by atoms with E-state index in [4.69, 9.17) is 0 Å². The van der Waals surface area contributed by atoms with Crippen molar-refractivity contribution in [2.24, 2.45) is 0 Å². The zero-order valence-corrected chi connectivity index (χ0v) is 10.5. The van der Waals surface area contributed by atoms with Gasteiger partial charge < -0.3 is 4.90 Å². The fraction of sp³-hybridized carbons (Fsp3) is 0.667. The lowest BCUT2D eigenvalue weighted by Crippen LogP contribution is -2.41. The Morgan fingerprint density at radius 1 is 1.65 bits per heavy atom. The van der Waals surface area contributed by atoms with Gasteiger partial charge in [0.15, 0.2) is 0 Å². The molecule has 5 nitrogen and oxygen atoms in total. The molecule has 1 amide bonds. The summed E-state index contributed by atoms with van der Waals surface area (Å²) >= 11 is 0. The number of carbonyl (C=O) groups is 1. The summed E-state index contributed by atoms with van der Waals surface area (Å²) in [5.74, 6) is 0.663. The van der Waals surface area contributed by atoms with Gasteiger partial charge in [-0.15, -0.1) is 0 Å². The van der Waals surface area contributed by atoms with Gasteiger partial charge in [0, 0.05) is 38.4 Å². The largest absolute Gasteiger partial charge is 0.348 e. The fourth-order valence-corrected chi connectivity index (χ4v) is 2.28. The van der Waals surface area contributed by atoms with Gasteiger partial charge in [0.25, 0.3) is 0 Å². The molecule has 1 aromatic rings. The molecule has 94 valence electrons. The number of piperidine rings is 1. The molecule has 0 unspecified atom stereocenters. The van der Waals surface area contributed by atoms with Crippen LogP contribution in [0.2, 0.25) is 0 Å². The monoisotopic (exact) mass is 236 g/mol. The van der Waals surface area contributed by atoms with Crippen LogP contribution < -0.4 is 0 Å². The van der Waals surface area contributed by atoms with Gasteiger partial charge in [-0.1, -0.05) is 0 Å². The summed E-state index contributed by atoms with van der Waals surface area (Å²) in [6.45, 7) is 2.49. The summed E-state index contributed by atoms with van der Waals surface area (Å²) in [4.78, 5) is 15.6. The molecule has 1 aliphatic rings. The number of hydrogen-bond donors (Lipinski definition) is 1. The zero-order valence-electron chi connectivity index (χ0n) is 10.5. The number of hydrogen-bond acceptors (Lipinski definition) is 3. The second kappa shape index (κ2) is 5.31. The highest BCUT2D eigenvalue weighted by atomic mass is 16.2. The van der Waals surface area contributed by atoms with Crippen molar-refractivity contribution in [3.05, 3.63) is 18.0 Å². The van der Waals surface area contributed by atoms with Crippen LogP contribution in [0.15, 0.2) is 12.3 Å². The van der Waals surface area contributed by atoms with Gasteiger partial charge in [-0.25, -0.2) is 0 Å². The molecule has 0 aromatic carbocycles. The Morgan fingerprint density at radius 3 is 3.12 bits per heavy atom. The lowest BCUT2D eigenvalue weighted by molar-refractivity contribution is -0.130. The molecule has 1 N–H and O–H groups in total. The first kappa shape index (κ1) is 12.1. The molecule has 1 atom stereocenters. The van der Waals surface area contributed by atoms with E-state index >= 15 is 0 Å². The molecule has 1 saturated heterocycles. The third-order valence-electron chi connectivity index (χ3n) is 3.33. The molecule has 0 aliphatic carbocycles. The van der Waals surface area contributed by atoms with Crippen LogP contribution in [0.25, 0.3) is 0 Å². The van der Waals surface area contributed by atoms with Crippen LogP contribution in [0.4, 0.5) is 0 Å². The number of nitrogens with zero attached hydrogens (tertiary/aromatic N) is 3. The predicted octanol–water partition coefficient (Wildman–Crippen LogP) is 0.677. The molecule has 5 heteroatoms. The minimum Gasteiger partial charge on any atom is -0.348 e. The molecule has 1 aliphatic heterocycles. The van der Waals surface area contributed by atoms with Crippen molar-refractivity contribution in [3.8, 4) is 0 Å². The Bertz CT molecular complexity index is 361. The van der Waals surface area contributed by atoms with Crippen LogP contribution in [0.1, 0.15) is 24.5 Å². The van der Waals surface area contributed by atoms with E-state index < -0.39 is 0 Å². The highest BCUT2D eigenvalue weighted by Gasteiger charge is 2.23. The molecule has 0 radical (unpaired) electrons. The van der Waals surface area contributed by atoms with E-state index in [-0.39, 0.29) is 5.91 Å². The fourth-order valence-electron chi connectivity index (χ4n) is 2.28. The maximum absolute atomic E-state index is 11.7. The summed E-state index contributed by atoms with van der Waals surface area (Å²) in [6.07, 6.45) is 4.11. The van der Waals surface area contributed by atoms with Crippen molar-refractivity contribution in [2.75, 3.05) is 33.7 Å². The van der Waals surface area contributed by atoms with Crippen molar-refractivity contribution in [2.45, 2.75) is 18.8 Å².